The van der Waals surface area contributed by atoms with Crippen LogP contribution in [0.1, 0.15) is 46.9 Å². The topological polar surface area (TPSA) is 59.2 Å². The van der Waals surface area contributed by atoms with E-state index in [1.54, 1.807) is 0 Å². The fraction of sp³-hybridized carbons (Fsp3) is 0.444. The van der Waals surface area contributed by atoms with Gasteiger partial charge in [-0.15, -0.1) is 11.3 Å². The molecule has 2 N–H and O–H groups in total. The standard InChI is InChI=1S/C18H23N3OS/c1-13-7-9-21(10-8-13)18(22)16-12-23-17(20-16)15(19)11-14-5-3-2-4-6-14/h2-6,12-13,15H,7-11,19H2,1H3. The lowest BCUT2D eigenvalue weighted by Crippen LogP contribution is -2.38. The molecule has 1 fully saturated rings. The van der Waals surface area contributed by atoms with E-state index in [0.29, 0.717) is 11.6 Å². The van der Waals surface area contributed by atoms with Gasteiger partial charge in [0.2, 0.25) is 0 Å². The zero-order valence-corrected chi connectivity index (χ0v) is 14.3. The van der Waals surface area contributed by atoms with Crippen molar-refractivity contribution in [1.29, 1.82) is 0 Å². The number of likely N-dealkylation sites (tertiary alicyclic amines) is 1. The Morgan fingerprint density at radius 1 is 1.35 bits per heavy atom. The lowest BCUT2D eigenvalue weighted by Gasteiger charge is -2.29. The van der Waals surface area contributed by atoms with E-state index in [1.807, 2.05) is 28.5 Å². The van der Waals surface area contributed by atoms with E-state index in [1.165, 1.54) is 16.9 Å². The van der Waals surface area contributed by atoms with Gasteiger partial charge in [-0.2, -0.15) is 0 Å². The minimum atomic E-state index is -0.162. The summed E-state index contributed by atoms with van der Waals surface area (Å²) in [4.78, 5) is 19.0. The largest absolute Gasteiger partial charge is 0.337 e. The van der Waals surface area contributed by atoms with E-state index in [0.717, 1.165) is 37.4 Å². The van der Waals surface area contributed by atoms with Gasteiger partial charge in [0.1, 0.15) is 10.7 Å². The summed E-state index contributed by atoms with van der Waals surface area (Å²) in [5.41, 5.74) is 7.99. The predicted octanol–water partition coefficient (Wildman–Crippen LogP) is 3.26. The first-order valence-corrected chi connectivity index (χ1v) is 9.05. The molecule has 1 aliphatic heterocycles. The number of benzene rings is 1. The van der Waals surface area contributed by atoms with Crippen molar-refractivity contribution >= 4 is 17.2 Å². The molecule has 0 bridgehead atoms. The Labute approximate surface area is 141 Å². The third kappa shape index (κ3) is 3.98. The second-order valence-electron chi connectivity index (χ2n) is 6.34. The number of piperidine rings is 1. The summed E-state index contributed by atoms with van der Waals surface area (Å²) in [6, 6.07) is 9.98. The van der Waals surface area contributed by atoms with Crippen LogP contribution < -0.4 is 5.73 Å². The van der Waals surface area contributed by atoms with Gasteiger partial charge in [0.15, 0.2) is 0 Å². The first kappa shape index (κ1) is 16.1. The first-order chi connectivity index (χ1) is 11.1. The van der Waals surface area contributed by atoms with E-state index >= 15 is 0 Å². The van der Waals surface area contributed by atoms with Crippen molar-refractivity contribution in [3.8, 4) is 0 Å². The highest BCUT2D eigenvalue weighted by Gasteiger charge is 2.24. The van der Waals surface area contributed by atoms with Crippen LogP contribution in [0.15, 0.2) is 35.7 Å². The zero-order valence-electron chi connectivity index (χ0n) is 13.4. The molecule has 1 amide bonds. The molecule has 3 rings (SSSR count). The van der Waals surface area contributed by atoms with Gasteiger partial charge < -0.3 is 10.6 Å². The lowest BCUT2D eigenvalue weighted by molar-refractivity contribution is 0.0692. The van der Waals surface area contributed by atoms with Crippen LogP contribution >= 0.6 is 11.3 Å². The third-order valence-corrected chi connectivity index (χ3v) is 5.40. The smallest absolute Gasteiger partial charge is 0.273 e. The molecule has 1 aromatic heterocycles. The van der Waals surface area contributed by atoms with Gasteiger partial charge in [0.25, 0.3) is 5.91 Å². The predicted molar refractivity (Wildman–Crippen MR) is 93.5 cm³/mol. The Morgan fingerprint density at radius 2 is 2.04 bits per heavy atom. The number of hydrogen-bond donors (Lipinski definition) is 1. The Kier molecular flexibility index (Phi) is 5.08. The van der Waals surface area contributed by atoms with E-state index < -0.39 is 0 Å². The monoisotopic (exact) mass is 329 g/mol. The number of nitrogens with zero attached hydrogens (tertiary/aromatic N) is 2. The average Bonchev–Trinajstić information content (AvgIpc) is 3.06. The molecule has 23 heavy (non-hydrogen) atoms. The van der Waals surface area contributed by atoms with Crippen molar-refractivity contribution in [1.82, 2.24) is 9.88 Å². The molecular formula is C18H23N3OS. The average molecular weight is 329 g/mol. The highest BCUT2D eigenvalue weighted by atomic mass is 32.1. The van der Waals surface area contributed by atoms with Crippen LogP contribution in [0.4, 0.5) is 0 Å². The summed E-state index contributed by atoms with van der Waals surface area (Å²) in [6.45, 7) is 3.91. The molecule has 2 heterocycles. The van der Waals surface area contributed by atoms with Gasteiger partial charge in [-0.05, 0) is 30.7 Å². The number of hydrogen-bond acceptors (Lipinski definition) is 4. The van der Waals surface area contributed by atoms with Crippen molar-refractivity contribution in [2.24, 2.45) is 11.7 Å². The molecule has 5 heteroatoms. The van der Waals surface area contributed by atoms with Gasteiger partial charge >= 0.3 is 0 Å². The van der Waals surface area contributed by atoms with Crippen molar-refractivity contribution in [2.75, 3.05) is 13.1 Å². The molecular weight excluding hydrogens is 306 g/mol. The number of aromatic nitrogens is 1. The number of rotatable bonds is 4. The Bertz CT molecular complexity index is 647. The molecule has 0 aliphatic carbocycles. The molecule has 1 saturated heterocycles. The lowest BCUT2D eigenvalue weighted by atomic mass is 9.99. The van der Waals surface area contributed by atoms with Crippen LogP contribution in [-0.4, -0.2) is 28.9 Å². The molecule has 0 radical (unpaired) electrons. The van der Waals surface area contributed by atoms with Gasteiger partial charge in [-0.1, -0.05) is 37.3 Å². The van der Waals surface area contributed by atoms with Gasteiger partial charge in [-0.25, -0.2) is 4.98 Å². The van der Waals surface area contributed by atoms with E-state index in [-0.39, 0.29) is 11.9 Å². The molecule has 0 saturated carbocycles. The number of carbonyl (C=O) groups is 1. The number of carbonyl (C=O) groups excluding carboxylic acids is 1. The summed E-state index contributed by atoms with van der Waals surface area (Å²) < 4.78 is 0. The summed E-state index contributed by atoms with van der Waals surface area (Å²) in [7, 11) is 0. The summed E-state index contributed by atoms with van der Waals surface area (Å²) >= 11 is 1.49. The Balaban J connectivity index is 1.64. The van der Waals surface area contributed by atoms with Gasteiger partial charge in [0.05, 0.1) is 6.04 Å². The van der Waals surface area contributed by atoms with Crippen LogP contribution in [0.2, 0.25) is 0 Å². The van der Waals surface area contributed by atoms with Crippen molar-refractivity contribution in [2.45, 2.75) is 32.2 Å². The number of amides is 1. The number of thiazole rings is 1. The second kappa shape index (κ2) is 7.23. The van der Waals surface area contributed by atoms with Crippen LogP contribution in [0, 0.1) is 5.92 Å². The third-order valence-electron chi connectivity index (χ3n) is 4.43. The minimum absolute atomic E-state index is 0.0475. The van der Waals surface area contributed by atoms with Crippen LogP contribution in [0.25, 0.3) is 0 Å². The Morgan fingerprint density at radius 3 is 2.74 bits per heavy atom. The zero-order chi connectivity index (χ0) is 16.2. The van der Waals surface area contributed by atoms with Gasteiger partial charge in [-0.3, -0.25) is 4.79 Å². The summed E-state index contributed by atoms with van der Waals surface area (Å²) in [6.07, 6.45) is 2.90. The van der Waals surface area contributed by atoms with E-state index in [9.17, 15) is 4.79 Å². The van der Waals surface area contributed by atoms with E-state index in [4.69, 9.17) is 5.73 Å². The normalized spacial score (nSPS) is 17.2. The fourth-order valence-electron chi connectivity index (χ4n) is 2.89. The maximum atomic E-state index is 12.5. The van der Waals surface area contributed by atoms with Crippen molar-refractivity contribution in [3.63, 3.8) is 0 Å². The SMILES string of the molecule is CC1CCN(C(=O)c2csc(C(N)Cc3ccccc3)n2)CC1. The Hall–Kier alpha value is -1.72. The molecule has 4 nitrogen and oxygen atoms in total. The minimum Gasteiger partial charge on any atom is -0.337 e. The molecule has 0 spiro atoms. The first-order valence-electron chi connectivity index (χ1n) is 8.17. The van der Waals surface area contributed by atoms with Crippen LogP contribution in [0.3, 0.4) is 0 Å². The number of nitrogens with two attached hydrogens (primary N) is 1. The fourth-order valence-corrected chi connectivity index (χ4v) is 3.68. The van der Waals surface area contributed by atoms with Gasteiger partial charge in [0, 0.05) is 18.5 Å². The maximum Gasteiger partial charge on any atom is 0.273 e. The van der Waals surface area contributed by atoms with Crippen LogP contribution in [0.5, 0.6) is 0 Å². The molecule has 1 aliphatic rings. The summed E-state index contributed by atoms with van der Waals surface area (Å²) in [5.74, 6) is 0.760. The van der Waals surface area contributed by atoms with Crippen LogP contribution in [-0.2, 0) is 6.42 Å². The molecule has 122 valence electrons. The van der Waals surface area contributed by atoms with E-state index in [2.05, 4.69) is 24.0 Å². The maximum absolute atomic E-state index is 12.5. The van der Waals surface area contributed by atoms with Crippen molar-refractivity contribution in [3.05, 3.63) is 52.0 Å². The molecule has 1 aromatic carbocycles. The van der Waals surface area contributed by atoms with Crippen molar-refractivity contribution < 1.29 is 4.79 Å². The summed E-state index contributed by atoms with van der Waals surface area (Å²) in [5, 5.41) is 2.68. The molecule has 1 atom stereocenters. The second-order valence-corrected chi connectivity index (χ2v) is 7.23. The molecule has 1 unspecified atom stereocenters. The highest BCUT2D eigenvalue weighted by molar-refractivity contribution is 7.09. The molecule has 2 aromatic rings. The highest BCUT2D eigenvalue weighted by Crippen LogP contribution is 2.23. The quantitative estimate of drug-likeness (QED) is 0.936.